The van der Waals surface area contributed by atoms with Crippen LogP contribution in [0.3, 0.4) is 0 Å². The molecule has 0 radical (unpaired) electrons. The lowest BCUT2D eigenvalue weighted by Crippen LogP contribution is -2.27. The minimum absolute atomic E-state index is 0.232. The fourth-order valence-electron chi connectivity index (χ4n) is 2.38. The van der Waals surface area contributed by atoms with Crippen molar-refractivity contribution in [3.05, 3.63) is 29.8 Å². The number of alkyl halides is 2. The maximum Gasteiger partial charge on any atom is 0.387 e. The summed E-state index contributed by atoms with van der Waals surface area (Å²) < 4.78 is 28.3. The Bertz CT molecular complexity index is 347. The fraction of sp³-hybridized carbons (Fsp3) is 0.571. The van der Waals surface area contributed by atoms with Gasteiger partial charge in [0.05, 0.1) is 0 Å². The Balaban J connectivity index is 1.78. The van der Waals surface area contributed by atoms with E-state index in [0.29, 0.717) is 0 Å². The first-order valence-corrected chi connectivity index (χ1v) is 6.48. The molecule has 1 aliphatic heterocycles. The Morgan fingerprint density at radius 2 is 1.83 bits per heavy atom. The Morgan fingerprint density at radius 3 is 2.44 bits per heavy atom. The standard InChI is InChI=1S/C14H19F2NO/c15-14(16)18-13-5-3-11(4-6-13)1-2-12-7-9-17-10-8-12/h3-6,12,14,17H,1-2,7-10H2. The van der Waals surface area contributed by atoms with E-state index >= 15 is 0 Å². The van der Waals surface area contributed by atoms with Gasteiger partial charge in [-0.25, -0.2) is 0 Å². The summed E-state index contributed by atoms with van der Waals surface area (Å²) in [6.07, 6.45) is 4.68. The summed E-state index contributed by atoms with van der Waals surface area (Å²) in [5.74, 6) is 1.03. The maximum atomic E-state index is 12.0. The molecule has 0 aromatic heterocycles. The summed E-state index contributed by atoms with van der Waals surface area (Å²) in [4.78, 5) is 0. The predicted octanol–water partition coefficient (Wildman–Crippen LogP) is 3.22. The van der Waals surface area contributed by atoms with Crippen molar-refractivity contribution in [2.75, 3.05) is 13.1 Å². The highest BCUT2D eigenvalue weighted by Crippen LogP contribution is 2.20. The van der Waals surface area contributed by atoms with Crippen molar-refractivity contribution in [2.24, 2.45) is 5.92 Å². The average molecular weight is 255 g/mol. The van der Waals surface area contributed by atoms with Crippen LogP contribution in [0.25, 0.3) is 0 Å². The molecule has 18 heavy (non-hydrogen) atoms. The second-order valence-electron chi connectivity index (χ2n) is 4.75. The first kappa shape index (κ1) is 13.3. The Hall–Kier alpha value is -1.16. The zero-order chi connectivity index (χ0) is 12.8. The molecule has 0 atom stereocenters. The highest BCUT2D eigenvalue weighted by Gasteiger charge is 2.12. The third-order valence-corrected chi connectivity index (χ3v) is 3.45. The van der Waals surface area contributed by atoms with E-state index in [0.717, 1.165) is 25.4 Å². The number of benzene rings is 1. The molecule has 1 aromatic rings. The van der Waals surface area contributed by atoms with Crippen molar-refractivity contribution >= 4 is 0 Å². The molecule has 1 saturated heterocycles. The van der Waals surface area contributed by atoms with E-state index < -0.39 is 6.61 Å². The molecule has 1 heterocycles. The summed E-state index contributed by atoms with van der Waals surface area (Å²) in [6.45, 7) is -0.511. The normalized spacial score (nSPS) is 17.1. The molecule has 4 heteroatoms. The first-order valence-electron chi connectivity index (χ1n) is 6.48. The van der Waals surface area contributed by atoms with E-state index in [-0.39, 0.29) is 5.75 Å². The maximum absolute atomic E-state index is 12.0. The number of halogens is 2. The van der Waals surface area contributed by atoms with Gasteiger partial charge in [-0.15, -0.1) is 0 Å². The van der Waals surface area contributed by atoms with Gasteiger partial charge in [-0.2, -0.15) is 8.78 Å². The molecule has 2 nitrogen and oxygen atoms in total. The highest BCUT2D eigenvalue weighted by molar-refractivity contribution is 5.27. The van der Waals surface area contributed by atoms with Gasteiger partial charge in [-0.05, 0) is 62.4 Å². The van der Waals surface area contributed by atoms with Gasteiger partial charge in [-0.1, -0.05) is 12.1 Å². The topological polar surface area (TPSA) is 21.3 Å². The van der Waals surface area contributed by atoms with Crippen molar-refractivity contribution in [1.82, 2.24) is 5.32 Å². The molecule has 2 rings (SSSR count). The molecule has 1 N–H and O–H groups in total. The average Bonchev–Trinajstić information content (AvgIpc) is 2.38. The van der Waals surface area contributed by atoms with Gasteiger partial charge >= 0.3 is 6.61 Å². The van der Waals surface area contributed by atoms with Crippen LogP contribution in [0.2, 0.25) is 0 Å². The summed E-state index contributed by atoms with van der Waals surface area (Å²) in [6, 6.07) is 6.98. The number of nitrogens with one attached hydrogen (secondary N) is 1. The van der Waals surface area contributed by atoms with Crippen molar-refractivity contribution in [3.63, 3.8) is 0 Å². The Morgan fingerprint density at radius 1 is 1.17 bits per heavy atom. The van der Waals surface area contributed by atoms with Gasteiger partial charge in [0.15, 0.2) is 0 Å². The largest absolute Gasteiger partial charge is 0.435 e. The molecule has 0 bridgehead atoms. The van der Waals surface area contributed by atoms with Crippen LogP contribution in [0.5, 0.6) is 5.75 Å². The third kappa shape index (κ3) is 4.26. The van der Waals surface area contributed by atoms with E-state index in [1.807, 2.05) is 12.1 Å². The first-order chi connectivity index (χ1) is 8.74. The van der Waals surface area contributed by atoms with Crippen LogP contribution in [-0.4, -0.2) is 19.7 Å². The second kappa shape index (κ2) is 6.69. The lowest BCUT2D eigenvalue weighted by molar-refractivity contribution is -0.0498. The van der Waals surface area contributed by atoms with Crippen LogP contribution < -0.4 is 10.1 Å². The fourth-order valence-corrected chi connectivity index (χ4v) is 2.38. The van der Waals surface area contributed by atoms with Crippen molar-refractivity contribution in [1.29, 1.82) is 0 Å². The number of rotatable bonds is 5. The lowest BCUT2D eigenvalue weighted by Gasteiger charge is -2.22. The lowest BCUT2D eigenvalue weighted by atomic mass is 9.91. The molecule has 0 aliphatic carbocycles. The van der Waals surface area contributed by atoms with Crippen LogP contribution in [-0.2, 0) is 6.42 Å². The number of piperidine rings is 1. The van der Waals surface area contributed by atoms with Gasteiger partial charge in [0, 0.05) is 0 Å². The zero-order valence-electron chi connectivity index (χ0n) is 10.4. The number of aryl methyl sites for hydroxylation is 1. The van der Waals surface area contributed by atoms with Crippen LogP contribution in [0.1, 0.15) is 24.8 Å². The predicted molar refractivity (Wildman–Crippen MR) is 67.0 cm³/mol. The molecule has 100 valence electrons. The molecule has 0 amide bonds. The van der Waals surface area contributed by atoms with E-state index in [4.69, 9.17) is 0 Å². The number of hydrogen-bond acceptors (Lipinski definition) is 2. The highest BCUT2D eigenvalue weighted by atomic mass is 19.3. The minimum Gasteiger partial charge on any atom is -0.435 e. The summed E-state index contributed by atoms with van der Waals surface area (Å²) >= 11 is 0. The van der Waals surface area contributed by atoms with Gasteiger partial charge in [0.1, 0.15) is 5.75 Å². The van der Waals surface area contributed by atoms with Crippen LogP contribution in [0, 0.1) is 5.92 Å². The number of ether oxygens (including phenoxy) is 1. The summed E-state index contributed by atoms with van der Waals surface area (Å²) in [5, 5.41) is 3.35. The molecular weight excluding hydrogens is 236 g/mol. The van der Waals surface area contributed by atoms with E-state index in [1.54, 1.807) is 12.1 Å². The van der Waals surface area contributed by atoms with Gasteiger partial charge in [0.2, 0.25) is 0 Å². The molecule has 0 spiro atoms. The van der Waals surface area contributed by atoms with Gasteiger partial charge in [-0.3, -0.25) is 0 Å². The molecule has 0 unspecified atom stereocenters. The zero-order valence-corrected chi connectivity index (χ0v) is 10.4. The van der Waals surface area contributed by atoms with Crippen molar-refractivity contribution in [3.8, 4) is 5.75 Å². The molecule has 1 aliphatic rings. The molecule has 0 saturated carbocycles. The smallest absolute Gasteiger partial charge is 0.387 e. The monoisotopic (exact) mass is 255 g/mol. The summed E-state index contributed by atoms with van der Waals surface area (Å²) in [5.41, 5.74) is 1.19. The SMILES string of the molecule is FC(F)Oc1ccc(CCC2CCNCC2)cc1. The van der Waals surface area contributed by atoms with Crippen LogP contribution >= 0.6 is 0 Å². The molecule has 1 fully saturated rings. The Kier molecular flexibility index (Phi) is 4.93. The second-order valence-corrected chi connectivity index (χ2v) is 4.75. The van der Waals surface area contributed by atoms with Gasteiger partial charge in [0.25, 0.3) is 0 Å². The van der Waals surface area contributed by atoms with E-state index in [9.17, 15) is 8.78 Å². The third-order valence-electron chi connectivity index (χ3n) is 3.45. The van der Waals surface area contributed by atoms with Gasteiger partial charge < -0.3 is 10.1 Å². The van der Waals surface area contributed by atoms with E-state index in [1.165, 1.54) is 24.8 Å². The van der Waals surface area contributed by atoms with E-state index in [2.05, 4.69) is 10.1 Å². The molecule has 1 aromatic carbocycles. The van der Waals surface area contributed by atoms with Crippen LogP contribution in [0.15, 0.2) is 24.3 Å². The molecular formula is C14H19F2NO. The number of hydrogen-bond donors (Lipinski definition) is 1. The quantitative estimate of drug-likeness (QED) is 0.872. The van der Waals surface area contributed by atoms with Crippen molar-refractivity contribution < 1.29 is 13.5 Å². The Labute approximate surface area is 106 Å². The van der Waals surface area contributed by atoms with Crippen LogP contribution in [0.4, 0.5) is 8.78 Å². The minimum atomic E-state index is -2.74. The van der Waals surface area contributed by atoms with Crippen molar-refractivity contribution in [2.45, 2.75) is 32.3 Å². The summed E-state index contributed by atoms with van der Waals surface area (Å²) in [7, 11) is 0.